The van der Waals surface area contributed by atoms with Crippen LogP contribution in [0.15, 0.2) is 18.2 Å². The van der Waals surface area contributed by atoms with E-state index in [1.54, 1.807) is 25.3 Å². The highest BCUT2D eigenvalue weighted by atomic mass is 16.5. The van der Waals surface area contributed by atoms with Crippen molar-refractivity contribution in [2.45, 2.75) is 25.8 Å². The van der Waals surface area contributed by atoms with Crippen molar-refractivity contribution in [3.05, 3.63) is 23.8 Å². The molecule has 0 aliphatic carbocycles. The Morgan fingerprint density at radius 2 is 2.11 bits per heavy atom. The molecule has 0 bridgehead atoms. The number of nitrogens with two attached hydrogens (primary N) is 1. The molecular weight excluding hydrogens is 244 g/mol. The number of hydrogen-bond donors (Lipinski definition) is 2. The lowest BCUT2D eigenvalue weighted by Gasteiger charge is -2.17. The van der Waals surface area contributed by atoms with Gasteiger partial charge in [-0.3, -0.25) is 4.79 Å². The molecule has 1 atom stereocenters. The van der Waals surface area contributed by atoms with Crippen LogP contribution >= 0.6 is 0 Å². The van der Waals surface area contributed by atoms with Gasteiger partial charge >= 0.3 is 0 Å². The van der Waals surface area contributed by atoms with Crippen LogP contribution in [0.25, 0.3) is 0 Å². The molecule has 1 amide bonds. The Morgan fingerprint density at radius 1 is 1.37 bits per heavy atom. The van der Waals surface area contributed by atoms with Crippen LogP contribution in [0.3, 0.4) is 0 Å². The molecule has 5 nitrogen and oxygen atoms in total. The number of nitrogens with one attached hydrogen (secondary N) is 1. The summed E-state index contributed by atoms with van der Waals surface area (Å²) in [6, 6.07) is 5.22. The molecule has 19 heavy (non-hydrogen) atoms. The van der Waals surface area contributed by atoms with Crippen LogP contribution in [0.4, 0.5) is 0 Å². The Hall–Kier alpha value is -1.75. The van der Waals surface area contributed by atoms with Crippen molar-refractivity contribution in [2.75, 3.05) is 20.8 Å². The fourth-order valence-electron chi connectivity index (χ4n) is 1.83. The van der Waals surface area contributed by atoms with Gasteiger partial charge in [0.1, 0.15) is 11.5 Å². The molecule has 0 aliphatic heterocycles. The van der Waals surface area contributed by atoms with Crippen molar-refractivity contribution >= 4 is 5.91 Å². The lowest BCUT2D eigenvalue weighted by atomic mass is 10.1. The van der Waals surface area contributed by atoms with Gasteiger partial charge in [-0.1, -0.05) is 6.92 Å². The van der Waals surface area contributed by atoms with Gasteiger partial charge in [0.05, 0.1) is 19.8 Å². The van der Waals surface area contributed by atoms with Crippen LogP contribution in [0.1, 0.15) is 30.1 Å². The Bertz CT molecular complexity index is 421. The third-order valence-electron chi connectivity index (χ3n) is 2.99. The molecule has 0 saturated carbocycles. The topological polar surface area (TPSA) is 73.6 Å². The van der Waals surface area contributed by atoms with E-state index in [2.05, 4.69) is 5.32 Å². The van der Waals surface area contributed by atoms with Crippen LogP contribution in [0.5, 0.6) is 11.5 Å². The van der Waals surface area contributed by atoms with Crippen molar-refractivity contribution in [3.8, 4) is 11.5 Å². The molecule has 1 unspecified atom stereocenters. The third kappa shape index (κ3) is 4.13. The number of carbonyl (C=O) groups excluding carboxylic acids is 1. The first-order chi connectivity index (χ1) is 9.15. The minimum Gasteiger partial charge on any atom is -0.497 e. The van der Waals surface area contributed by atoms with Crippen LogP contribution in [-0.4, -0.2) is 32.7 Å². The average molecular weight is 266 g/mol. The van der Waals surface area contributed by atoms with Gasteiger partial charge in [-0.05, 0) is 37.6 Å². The fourth-order valence-corrected chi connectivity index (χ4v) is 1.83. The van der Waals surface area contributed by atoms with Crippen molar-refractivity contribution < 1.29 is 14.3 Å². The number of rotatable bonds is 7. The minimum atomic E-state index is -0.170. The van der Waals surface area contributed by atoms with Gasteiger partial charge in [0.25, 0.3) is 5.91 Å². The Morgan fingerprint density at radius 3 is 2.63 bits per heavy atom. The number of methoxy groups -OCH3 is 2. The van der Waals surface area contributed by atoms with Gasteiger partial charge in [0.2, 0.25) is 0 Å². The normalized spacial score (nSPS) is 11.8. The van der Waals surface area contributed by atoms with Crippen molar-refractivity contribution in [1.82, 2.24) is 5.32 Å². The summed E-state index contributed by atoms with van der Waals surface area (Å²) in [4.78, 5) is 12.2. The van der Waals surface area contributed by atoms with Crippen LogP contribution in [-0.2, 0) is 0 Å². The summed E-state index contributed by atoms with van der Waals surface area (Å²) in [5.74, 6) is 0.981. The summed E-state index contributed by atoms with van der Waals surface area (Å²) in [6.07, 6.45) is 1.60. The van der Waals surface area contributed by atoms with E-state index in [9.17, 15) is 4.79 Å². The predicted octanol–water partition coefficient (Wildman–Crippen LogP) is 1.56. The van der Waals surface area contributed by atoms with Crippen LogP contribution in [0.2, 0.25) is 0 Å². The molecule has 1 rings (SSSR count). The smallest absolute Gasteiger partial charge is 0.255 e. The molecule has 0 radical (unpaired) electrons. The highest BCUT2D eigenvalue weighted by Gasteiger charge is 2.16. The highest BCUT2D eigenvalue weighted by Crippen LogP contribution is 2.24. The van der Waals surface area contributed by atoms with Crippen LogP contribution in [0, 0.1) is 0 Å². The van der Waals surface area contributed by atoms with Crippen molar-refractivity contribution in [3.63, 3.8) is 0 Å². The molecule has 0 heterocycles. The maximum atomic E-state index is 12.2. The summed E-state index contributed by atoms with van der Waals surface area (Å²) in [5.41, 5.74) is 5.99. The molecule has 0 spiro atoms. The number of benzene rings is 1. The van der Waals surface area contributed by atoms with Gasteiger partial charge in [-0.2, -0.15) is 0 Å². The molecule has 5 heteroatoms. The summed E-state index contributed by atoms with van der Waals surface area (Å²) in [5, 5.41) is 2.96. The van der Waals surface area contributed by atoms with E-state index < -0.39 is 0 Å². The maximum absolute atomic E-state index is 12.2. The van der Waals surface area contributed by atoms with Crippen molar-refractivity contribution in [1.29, 1.82) is 0 Å². The third-order valence-corrected chi connectivity index (χ3v) is 2.99. The summed E-state index contributed by atoms with van der Waals surface area (Å²) in [7, 11) is 3.10. The molecule has 1 aromatic carbocycles. The van der Waals surface area contributed by atoms with Gasteiger partial charge in [0, 0.05) is 6.04 Å². The quantitative estimate of drug-likeness (QED) is 0.785. The van der Waals surface area contributed by atoms with Gasteiger partial charge in [-0.25, -0.2) is 0 Å². The van der Waals surface area contributed by atoms with Crippen LogP contribution < -0.4 is 20.5 Å². The largest absolute Gasteiger partial charge is 0.497 e. The van der Waals surface area contributed by atoms with E-state index in [0.717, 1.165) is 12.8 Å². The molecule has 0 fully saturated rings. The lowest BCUT2D eigenvalue weighted by molar-refractivity contribution is 0.0931. The van der Waals surface area contributed by atoms with E-state index >= 15 is 0 Å². The van der Waals surface area contributed by atoms with Gasteiger partial charge in [-0.15, -0.1) is 0 Å². The molecule has 3 N–H and O–H groups in total. The van der Waals surface area contributed by atoms with E-state index in [1.165, 1.54) is 7.11 Å². The fraction of sp³-hybridized carbons (Fsp3) is 0.500. The SMILES string of the molecule is CCC(CCN)NC(=O)c1cc(OC)ccc1OC. The second-order valence-corrected chi connectivity index (χ2v) is 4.22. The standard InChI is InChI=1S/C14H22N2O3/c1-4-10(7-8-15)16-14(17)12-9-11(18-2)5-6-13(12)19-3/h5-6,9-10H,4,7-8,15H2,1-3H3,(H,16,17). The zero-order valence-electron chi connectivity index (χ0n) is 11.7. The second kappa shape index (κ2) is 7.63. The molecule has 106 valence electrons. The number of hydrogen-bond acceptors (Lipinski definition) is 4. The molecule has 0 saturated heterocycles. The summed E-state index contributed by atoms with van der Waals surface area (Å²) in [6.45, 7) is 2.57. The molecule has 0 aromatic heterocycles. The van der Waals surface area contributed by atoms with E-state index in [0.29, 0.717) is 23.6 Å². The predicted molar refractivity (Wildman–Crippen MR) is 74.8 cm³/mol. The summed E-state index contributed by atoms with van der Waals surface area (Å²) < 4.78 is 10.3. The van der Waals surface area contributed by atoms with Crippen molar-refractivity contribution in [2.24, 2.45) is 5.73 Å². The minimum absolute atomic E-state index is 0.0772. The number of carbonyl (C=O) groups is 1. The zero-order valence-corrected chi connectivity index (χ0v) is 11.7. The van der Waals surface area contributed by atoms with Gasteiger partial charge < -0.3 is 20.5 Å². The Kier molecular flexibility index (Phi) is 6.15. The zero-order chi connectivity index (χ0) is 14.3. The number of amides is 1. The molecular formula is C14H22N2O3. The molecule has 0 aliphatic rings. The molecule has 1 aromatic rings. The monoisotopic (exact) mass is 266 g/mol. The Balaban J connectivity index is 2.90. The Labute approximate surface area is 114 Å². The average Bonchev–Trinajstić information content (AvgIpc) is 2.45. The first-order valence-electron chi connectivity index (χ1n) is 6.39. The van der Waals surface area contributed by atoms with E-state index in [-0.39, 0.29) is 11.9 Å². The maximum Gasteiger partial charge on any atom is 0.255 e. The first-order valence-corrected chi connectivity index (χ1v) is 6.39. The van der Waals surface area contributed by atoms with Gasteiger partial charge in [0.15, 0.2) is 0 Å². The number of ether oxygens (including phenoxy) is 2. The first kappa shape index (κ1) is 15.3. The van der Waals surface area contributed by atoms with E-state index in [4.69, 9.17) is 15.2 Å². The summed E-state index contributed by atoms with van der Waals surface area (Å²) >= 11 is 0. The van der Waals surface area contributed by atoms with E-state index in [1.807, 2.05) is 6.92 Å². The lowest BCUT2D eigenvalue weighted by Crippen LogP contribution is -2.36. The highest BCUT2D eigenvalue weighted by molar-refractivity contribution is 5.97. The second-order valence-electron chi connectivity index (χ2n) is 4.22.